The molecule has 2 aromatic rings. The first-order chi connectivity index (χ1) is 12.0. The Labute approximate surface area is 152 Å². The summed E-state index contributed by atoms with van der Waals surface area (Å²) < 4.78 is 19.6. The summed E-state index contributed by atoms with van der Waals surface area (Å²) in [6.45, 7) is -0.175. The minimum atomic E-state index is -0.751. The third-order valence-electron chi connectivity index (χ3n) is 3.05. The highest BCUT2D eigenvalue weighted by atomic mass is 79.9. The average Bonchev–Trinajstić information content (AvgIpc) is 2.60. The van der Waals surface area contributed by atoms with Gasteiger partial charge in [0.25, 0.3) is 5.91 Å². The molecule has 0 bridgehead atoms. The molecule has 25 heavy (non-hydrogen) atoms. The van der Waals surface area contributed by atoms with E-state index in [4.69, 9.17) is 10.00 Å². The van der Waals surface area contributed by atoms with Gasteiger partial charge in [-0.3, -0.25) is 4.79 Å². The highest BCUT2D eigenvalue weighted by molar-refractivity contribution is 9.10. The van der Waals surface area contributed by atoms with E-state index in [0.29, 0.717) is 15.8 Å². The molecule has 1 amide bonds. The van der Waals surface area contributed by atoms with Crippen molar-refractivity contribution in [3.8, 4) is 17.9 Å². The SMILES string of the molecule is N#CCOc1ccc(Br)cc1/C=C(/C#N)C(=O)Nc1ccccc1F. The normalized spacial score (nSPS) is 10.5. The number of ether oxygens (including phenoxy) is 1. The van der Waals surface area contributed by atoms with Crippen molar-refractivity contribution in [1.29, 1.82) is 10.5 Å². The van der Waals surface area contributed by atoms with Gasteiger partial charge in [-0.05, 0) is 36.4 Å². The van der Waals surface area contributed by atoms with E-state index in [0.717, 1.165) is 0 Å². The second-order valence-corrected chi connectivity index (χ2v) is 5.65. The minimum Gasteiger partial charge on any atom is -0.478 e. The minimum absolute atomic E-state index is 0.0242. The standard InChI is InChI=1S/C18H11BrFN3O2/c19-14-5-6-17(25-8-7-21)12(10-14)9-13(11-22)18(24)23-16-4-2-1-3-15(16)20/h1-6,9-10H,8H2,(H,23,24)/b13-9-. The Bertz CT molecular complexity index is 913. The molecule has 0 aliphatic heterocycles. The molecule has 1 N–H and O–H groups in total. The third kappa shape index (κ3) is 4.90. The predicted molar refractivity (Wildman–Crippen MR) is 93.9 cm³/mol. The van der Waals surface area contributed by atoms with E-state index in [2.05, 4.69) is 21.2 Å². The lowest BCUT2D eigenvalue weighted by molar-refractivity contribution is -0.112. The van der Waals surface area contributed by atoms with E-state index >= 15 is 0 Å². The molecular weight excluding hydrogens is 389 g/mol. The number of nitrogens with zero attached hydrogens (tertiary/aromatic N) is 2. The number of rotatable bonds is 5. The number of hydrogen-bond acceptors (Lipinski definition) is 4. The smallest absolute Gasteiger partial charge is 0.266 e. The van der Waals surface area contributed by atoms with Crippen LogP contribution in [0.25, 0.3) is 6.08 Å². The quantitative estimate of drug-likeness (QED) is 0.607. The number of benzene rings is 2. The molecule has 0 atom stereocenters. The van der Waals surface area contributed by atoms with Crippen LogP contribution in [-0.4, -0.2) is 12.5 Å². The van der Waals surface area contributed by atoms with E-state index in [1.807, 2.05) is 6.07 Å². The Balaban J connectivity index is 2.32. The molecule has 0 spiro atoms. The molecular formula is C18H11BrFN3O2. The summed E-state index contributed by atoms with van der Waals surface area (Å²) in [6, 6.07) is 14.2. The number of amides is 1. The van der Waals surface area contributed by atoms with Crippen LogP contribution < -0.4 is 10.1 Å². The molecule has 0 fully saturated rings. The lowest BCUT2D eigenvalue weighted by Gasteiger charge is -2.08. The van der Waals surface area contributed by atoms with Crippen LogP contribution in [0.5, 0.6) is 5.75 Å². The van der Waals surface area contributed by atoms with Gasteiger partial charge in [0.15, 0.2) is 6.61 Å². The fraction of sp³-hybridized carbons (Fsp3) is 0.0556. The Hall–Kier alpha value is -3.16. The summed E-state index contributed by atoms with van der Waals surface area (Å²) in [7, 11) is 0. The molecule has 0 unspecified atom stereocenters. The van der Waals surface area contributed by atoms with Gasteiger partial charge < -0.3 is 10.1 Å². The highest BCUT2D eigenvalue weighted by Gasteiger charge is 2.13. The van der Waals surface area contributed by atoms with Crippen molar-refractivity contribution in [1.82, 2.24) is 0 Å². The maximum Gasteiger partial charge on any atom is 0.266 e. The van der Waals surface area contributed by atoms with Crippen molar-refractivity contribution in [2.24, 2.45) is 0 Å². The summed E-state index contributed by atoms with van der Waals surface area (Å²) in [5.41, 5.74) is 0.178. The number of halogens is 2. The van der Waals surface area contributed by atoms with Crippen LogP contribution in [0.2, 0.25) is 0 Å². The second kappa shape index (κ2) is 8.62. The first-order valence-corrected chi connectivity index (χ1v) is 7.81. The summed E-state index contributed by atoms with van der Waals surface area (Å²) in [6.07, 6.45) is 1.31. The Morgan fingerprint density at radius 2 is 2.04 bits per heavy atom. The summed E-state index contributed by atoms with van der Waals surface area (Å²) in [5.74, 6) is -1.01. The molecule has 0 aromatic heterocycles. The summed E-state index contributed by atoms with van der Waals surface area (Å²) >= 11 is 3.29. The van der Waals surface area contributed by atoms with Crippen molar-refractivity contribution >= 4 is 33.6 Å². The zero-order valence-electron chi connectivity index (χ0n) is 12.8. The van der Waals surface area contributed by atoms with Gasteiger partial charge in [0.05, 0.1) is 5.69 Å². The number of para-hydroxylation sites is 1. The number of anilines is 1. The number of carbonyl (C=O) groups is 1. The van der Waals surface area contributed by atoms with Crippen molar-refractivity contribution in [2.75, 3.05) is 11.9 Å². The van der Waals surface area contributed by atoms with Crippen LogP contribution in [0, 0.1) is 28.5 Å². The number of nitrogens with one attached hydrogen (secondary N) is 1. The van der Waals surface area contributed by atoms with Crippen LogP contribution in [0.1, 0.15) is 5.56 Å². The van der Waals surface area contributed by atoms with Crippen molar-refractivity contribution < 1.29 is 13.9 Å². The molecule has 0 aliphatic carbocycles. The summed E-state index contributed by atoms with van der Waals surface area (Å²) in [4.78, 5) is 12.2. The van der Waals surface area contributed by atoms with Gasteiger partial charge in [-0.25, -0.2) is 4.39 Å². The van der Waals surface area contributed by atoms with Crippen LogP contribution in [-0.2, 0) is 4.79 Å². The van der Waals surface area contributed by atoms with E-state index < -0.39 is 11.7 Å². The van der Waals surface area contributed by atoms with Crippen molar-refractivity contribution in [2.45, 2.75) is 0 Å². The van der Waals surface area contributed by atoms with Gasteiger partial charge in [0.1, 0.15) is 29.3 Å². The van der Waals surface area contributed by atoms with Gasteiger partial charge in [0.2, 0.25) is 0 Å². The van der Waals surface area contributed by atoms with E-state index in [1.165, 1.54) is 24.3 Å². The maximum absolute atomic E-state index is 13.6. The average molecular weight is 400 g/mol. The van der Waals surface area contributed by atoms with Gasteiger partial charge in [-0.15, -0.1) is 0 Å². The number of nitriles is 2. The second-order valence-electron chi connectivity index (χ2n) is 4.73. The first-order valence-electron chi connectivity index (χ1n) is 7.02. The number of carbonyl (C=O) groups excluding carboxylic acids is 1. The van der Waals surface area contributed by atoms with Gasteiger partial charge in [-0.1, -0.05) is 28.1 Å². The lowest BCUT2D eigenvalue weighted by atomic mass is 10.1. The Kier molecular flexibility index (Phi) is 6.27. The fourth-order valence-corrected chi connectivity index (χ4v) is 2.31. The van der Waals surface area contributed by atoms with Crippen molar-refractivity contribution in [3.05, 3.63) is 63.9 Å². The molecule has 2 rings (SSSR count). The topological polar surface area (TPSA) is 85.9 Å². The molecule has 7 heteroatoms. The van der Waals surface area contributed by atoms with Gasteiger partial charge in [0, 0.05) is 10.0 Å². The molecule has 5 nitrogen and oxygen atoms in total. The summed E-state index contributed by atoms with van der Waals surface area (Å²) in [5, 5.41) is 20.2. The largest absolute Gasteiger partial charge is 0.478 e. The molecule has 0 radical (unpaired) electrons. The molecule has 2 aromatic carbocycles. The molecule has 0 heterocycles. The predicted octanol–water partition coefficient (Wildman–Crippen LogP) is 4.04. The number of hydrogen-bond donors (Lipinski definition) is 1. The zero-order chi connectivity index (χ0) is 18.2. The Morgan fingerprint density at radius 3 is 2.72 bits per heavy atom. The van der Waals surface area contributed by atoms with Gasteiger partial charge >= 0.3 is 0 Å². The van der Waals surface area contributed by atoms with Gasteiger partial charge in [-0.2, -0.15) is 10.5 Å². The van der Waals surface area contributed by atoms with Crippen LogP contribution >= 0.6 is 15.9 Å². The molecule has 0 aliphatic rings. The Morgan fingerprint density at radius 1 is 1.28 bits per heavy atom. The third-order valence-corrected chi connectivity index (χ3v) is 3.54. The van der Waals surface area contributed by atoms with Crippen molar-refractivity contribution in [3.63, 3.8) is 0 Å². The van der Waals surface area contributed by atoms with E-state index in [9.17, 15) is 14.4 Å². The molecule has 0 saturated heterocycles. The fourth-order valence-electron chi connectivity index (χ4n) is 1.93. The zero-order valence-corrected chi connectivity index (χ0v) is 14.4. The van der Waals surface area contributed by atoms with Crippen LogP contribution in [0.3, 0.4) is 0 Å². The van der Waals surface area contributed by atoms with Crippen LogP contribution in [0.4, 0.5) is 10.1 Å². The monoisotopic (exact) mass is 399 g/mol. The lowest BCUT2D eigenvalue weighted by Crippen LogP contribution is -2.14. The molecule has 0 saturated carbocycles. The molecule has 124 valence electrons. The van der Waals surface area contributed by atoms with E-state index in [-0.39, 0.29) is 17.9 Å². The highest BCUT2D eigenvalue weighted by Crippen LogP contribution is 2.26. The van der Waals surface area contributed by atoms with Crippen LogP contribution in [0.15, 0.2) is 52.5 Å². The van der Waals surface area contributed by atoms with E-state index in [1.54, 1.807) is 30.3 Å². The maximum atomic E-state index is 13.6. The first kappa shape index (κ1) is 18.2.